The second-order valence-corrected chi connectivity index (χ2v) is 8.83. The van der Waals surface area contributed by atoms with Gasteiger partial charge in [-0.25, -0.2) is 0 Å². The van der Waals surface area contributed by atoms with E-state index in [1.54, 1.807) is 23.7 Å². The van der Waals surface area contributed by atoms with Crippen LogP contribution in [-0.4, -0.2) is 53.3 Å². The van der Waals surface area contributed by atoms with E-state index in [1.165, 1.54) is 25.7 Å². The Morgan fingerprint density at radius 2 is 2.00 bits per heavy atom. The molecule has 2 amide bonds. The van der Waals surface area contributed by atoms with Crippen molar-refractivity contribution < 1.29 is 14.3 Å². The molecule has 0 radical (unpaired) electrons. The van der Waals surface area contributed by atoms with Gasteiger partial charge in [-0.15, -0.1) is 0 Å². The first kappa shape index (κ1) is 22.4. The number of aryl methyl sites for hydroxylation is 1. The Morgan fingerprint density at radius 1 is 1.32 bits per heavy atom. The molecular weight excluding hydrogens is 356 g/mol. The molecule has 0 spiro atoms. The molecule has 158 valence electrons. The number of carbonyl (C=O) groups is 2. The van der Waals surface area contributed by atoms with E-state index in [9.17, 15) is 9.59 Å². The summed E-state index contributed by atoms with van der Waals surface area (Å²) in [6.07, 6.45) is 6.42. The van der Waals surface area contributed by atoms with Gasteiger partial charge in [-0.1, -0.05) is 46.5 Å². The van der Waals surface area contributed by atoms with Crippen LogP contribution >= 0.6 is 0 Å². The van der Waals surface area contributed by atoms with Crippen molar-refractivity contribution in [2.24, 2.45) is 13.0 Å². The third kappa shape index (κ3) is 6.62. The largest absolute Gasteiger partial charge is 0.383 e. The van der Waals surface area contributed by atoms with Crippen LogP contribution in [0.5, 0.6) is 0 Å². The molecule has 1 fully saturated rings. The van der Waals surface area contributed by atoms with Gasteiger partial charge in [-0.3, -0.25) is 14.3 Å². The first-order chi connectivity index (χ1) is 13.2. The monoisotopic (exact) mass is 392 g/mol. The van der Waals surface area contributed by atoms with E-state index in [0.717, 1.165) is 12.1 Å². The smallest absolute Gasteiger partial charge is 0.245 e. The molecule has 0 aliphatic heterocycles. The zero-order valence-corrected chi connectivity index (χ0v) is 18.1. The highest BCUT2D eigenvalue weighted by atomic mass is 16.5. The second-order valence-electron chi connectivity index (χ2n) is 8.83. The molecule has 0 aromatic carbocycles. The Hall–Kier alpha value is -1.89. The fraction of sp³-hybridized carbons (Fsp3) is 0.762. The van der Waals surface area contributed by atoms with Crippen molar-refractivity contribution >= 4 is 17.6 Å². The minimum atomic E-state index is -0.214. The lowest BCUT2D eigenvalue weighted by Gasteiger charge is -2.22. The van der Waals surface area contributed by atoms with Crippen LogP contribution in [0.25, 0.3) is 0 Å². The minimum absolute atomic E-state index is 0.0273. The van der Waals surface area contributed by atoms with Gasteiger partial charge in [-0.2, -0.15) is 5.10 Å². The van der Waals surface area contributed by atoms with Crippen LogP contribution in [0.2, 0.25) is 0 Å². The van der Waals surface area contributed by atoms with E-state index in [1.807, 2.05) is 6.07 Å². The summed E-state index contributed by atoms with van der Waals surface area (Å²) in [4.78, 5) is 26.9. The summed E-state index contributed by atoms with van der Waals surface area (Å²) in [5, 5.41) is 7.36. The van der Waals surface area contributed by atoms with Gasteiger partial charge in [0.2, 0.25) is 11.8 Å². The average Bonchev–Trinajstić information content (AvgIpc) is 3.26. The third-order valence-electron chi connectivity index (χ3n) is 5.41. The molecule has 0 bridgehead atoms. The molecule has 7 nitrogen and oxygen atoms in total. The van der Waals surface area contributed by atoms with E-state index in [-0.39, 0.29) is 23.8 Å². The zero-order valence-electron chi connectivity index (χ0n) is 18.1. The van der Waals surface area contributed by atoms with Gasteiger partial charge < -0.3 is 15.0 Å². The molecular formula is C21H36N4O3. The lowest BCUT2D eigenvalue weighted by Crippen LogP contribution is -2.40. The standard InChI is InChI=1S/C21H36N4O3/c1-21(2,3)17-14-18(24(4)23-17)22-19(26)15-25(12-13-28-5)20(27)11-10-16-8-6-7-9-16/h14,16H,6-13,15H2,1-5H3,(H,22,26). The molecule has 1 saturated carbocycles. The molecule has 1 aliphatic carbocycles. The van der Waals surface area contributed by atoms with Gasteiger partial charge in [0, 0.05) is 38.6 Å². The van der Waals surface area contributed by atoms with Gasteiger partial charge in [0.15, 0.2) is 0 Å². The molecule has 1 aromatic heterocycles. The fourth-order valence-corrected chi connectivity index (χ4v) is 3.58. The number of aromatic nitrogens is 2. The highest BCUT2D eigenvalue weighted by Crippen LogP contribution is 2.28. The number of hydrogen-bond acceptors (Lipinski definition) is 4. The Morgan fingerprint density at radius 3 is 2.57 bits per heavy atom. The topological polar surface area (TPSA) is 76.5 Å². The second kappa shape index (κ2) is 10.0. The number of anilines is 1. The summed E-state index contributed by atoms with van der Waals surface area (Å²) in [6.45, 7) is 7.11. The summed E-state index contributed by atoms with van der Waals surface area (Å²) in [6, 6.07) is 1.89. The normalized spacial score (nSPS) is 15.0. The van der Waals surface area contributed by atoms with Crippen LogP contribution < -0.4 is 5.32 Å². The predicted octanol–water partition coefficient (Wildman–Crippen LogP) is 3.10. The molecule has 7 heteroatoms. The average molecular weight is 393 g/mol. The Labute approximate surface area is 168 Å². The molecule has 0 unspecified atom stereocenters. The number of carbonyl (C=O) groups excluding carboxylic acids is 2. The van der Waals surface area contributed by atoms with E-state index in [2.05, 4.69) is 31.2 Å². The Bertz CT molecular complexity index is 657. The quantitative estimate of drug-likeness (QED) is 0.701. The zero-order chi connectivity index (χ0) is 20.7. The van der Waals surface area contributed by atoms with Crippen LogP contribution in [0.1, 0.15) is 65.0 Å². The molecule has 2 rings (SSSR count). The van der Waals surface area contributed by atoms with E-state index < -0.39 is 0 Å². The molecule has 1 aliphatic rings. The number of methoxy groups -OCH3 is 1. The maximum absolute atomic E-state index is 12.7. The lowest BCUT2D eigenvalue weighted by molar-refractivity contribution is -0.135. The van der Waals surface area contributed by atoms with Crippen molar-refractivity contribution in [1.29, 1.82) is 0 Å². The number of nitrogens with one attached hydrogen (secondary N) is 1. The van der Waals surface area contributed by atoms with Gasteiger partial charge in [0.1, 0.15) is 5.82 Å². The Balaban J connectivity index is 1.93. The van der Waals surface area contributed by atoms with Crippen molar-refractivity contribution in [2.75, 3.05) is 32.1 Å². The van der Waals surface area contributed by atoms with Crippen LogP contribution in [-0.2, 0) is 26.8 Å². The number of nitrogens with zero attached hydrogens (tertiary/aromatic N) is 3. The first-order valence-corrected chi connectivity index (χ1v) is 10.3. The summed E-state index contributed by atoms with van der Waals surface area (Å²) < 4.78 is 6.79. The highest BCUT2D eigenvalue weighted by molar-refractivity contribution is 5.94. The van der Waals surface area contributed by atoms with Crippen LogP contribution in [0.3, 0.4) is 0 Å². The number of hydrogen-bond donors (Lipinski definition) is 1. The molecule has 1 heterocycles. The van der Waals surface area contributed by atoms with Gasteiger partial charge in [0.05, 0.1) is 18.8 Å². The van der Waals surface area contributed by atoms with Gasteiger partial charge >= 0.3 is 0 Å². The predicted molar refractivity (Wildman–Crippen MR) is 110 cm³/mol. The Kier molecular flexibility index (Phi) is 8.04. The van der Waals surface area contributed by atoms with Gasteiger partial charge in [0.25, 0.3) is 0 Å². The summed E-state index contributed by atoms with van der Waals surface area (Å²) in [5.74, 6) is 1.11. The van der Waals surface area contributed by atoms with Crippen LogP contribution in [0.4, 0.5) is 5.82 Å². The maximum atomic E-state index is 12.7. The molecule has 1 aromatic rings. The molecule has 0 atom stereocenters. The van der Waals surface area contributed by atoms with Crippen molar-refractivity contribution in [3.8, 4) is 0 Å². The van der Waals surface area contributed by atoms with E-state index >= 15 is 0 Å². The molecule has 0 saturated heterocycles. The third-order valence-corrected chi connectivity index (χ3v) is 5.41. The van der Waals surface area contributed by atoms with Crippen LogP contribution in [0, 0.1) is 5.92 Å². The van der Waals surface area contributed by atoms with E-state index in [4.69, 9.17) is 4.74 Å². The lowest BCUT2D eigenvalue weighted by atomic mass is 9.92. The summed E-state index contributed by atoms with van der Waals surface area (Å²) in [5.41, 5.74) is 0.815. The maximum Gasteiger partial charge on any atom is 0.245 e. The number of amides is 2. The molecule has 1 N–H and O–H groups in total. The minimum Gasteiger partial charge on any atom is -0.383 e. The highest BCUT2D eigenvalue weighted by Gasteiger charge is 2.23. The van der Waals surface area contributed by atoms with Crippen molar-refractivity contribution in [2.45, 2.75) is 64.7 Å². The number of ether oxygens (including phenoxy) is 1. The van der Waals surface area contributed by atoms with Crippen molar-refractivity contribution in [3.63, 3.8) is 0 Å². The first-order valence-electron chi connectivity index (χ1n) is 10.3. The van der Waals surface area contributed by atoms with Crippen molar-refractivity contribution in [3.05, 3.63) is 11.8 Å². The fourth-order valence-electron chi connectivity index (χ4n) is 3.58. The summed E-state index contributed by atoms with van der Waals surface area (Å²) in [7, 11) is 3.41. The van der Waals surface area contributed by atoms with Gasteiger partial charge in [-0.05, 0) is 12.3 Å². The number of rotatable bonds is 9. The SMILES string of the molecule is COCCN(CC(=O)Nc1cc(C(C)(C)C)nn1C)C(=O)CCC1CCCC1. The van der Waals surface area contributed by atoms with E-state index in [0.29, 0.717) is 31.3 Å². The summed E-state index contributed by atoms with van der Waals surface area (Å²) >= 11 is 0. The van der Waals surface area contributed by atoms with Crippen molar-refractivity contribution in [1.82, 2.24) is 14.7 Å². The molecule has 28 heavy (non-hydrogen) atoms. The van der Waals surface area contributed by atoms with Crippen LogP contribution in [0.15, 0.2) is 6.07 Å².